The van der Waals surface area contributed by atoms with Gasteiger partial charge in [-0.2, -0.15) is 4.39 Å². The molecule has 1 aromatic carbocycles. The minimum atomic E-state index is -3.94. The third kappa shape index (κ3) is 3.21. The molecule has 8 heteroatoms. The van der Waals surface area contributed by atoms with Gasteiger partial charge in [-0.3, -0.25) is 10.1 Å². The van der Waals surface area contributed by atoms with Crippen LogP contribution in [-0.4, -0.2) is 18.9 Å². The van der Waals surface area contributed by atoms with Gasteiger partial charge in [0.15, 0.2) is 0 Å². The highest BCUT2D eigenvalue weighted by Crippen LogP contribution is 2.40. The van der Waals surface area contributed by atoms with Gasteiger partial charge < -0.3 is 0 Å². The number of nitro groups is 1. The summed E-state index contributed by atoms with van der Waals surface area (Å²) in [5.74, 6) is -0.760. The van der Waals surface area contributed by atoms with Crippen molar-refractivity contribution in [3.8, 4) is 0 Å². The Morgan fingerprint density at radius 3 is 2.43 bits per heavy atom. The van der Waals surface area contributed by atoms with Gasteiger partial charge in [0, 0.05) is 11.6 Å². The van der Waals surface area contributed by atoms with Crippen LogP contribution in [0.3, 0.4) is 0 Å². The molecular weight excluding hydrogens is 299 g/mol. The van der Waals surface area contributed by atoms with Crippen molar-refractivity contribution < 1.29 is 17.7 Å². The lowest BCUT2D eigenvalue weighted by Gasteiger charge is -2.25. The molecule has 0 unspecified atom stereocenters. The second kappa shape index (κ2) is 5.03. The maximum atomic E-state index is 13.6. The summed E-state index contributed by atoms with van der Waals surface area (Å²) in [5, 5.41) is 10.8. The fourth-order valence-electron chi connectivity index (χ4n) is 2.30. The van der Waals surface area contributed by atoms with Crippen LogP contribution in [-0.2, 0) is 10.0 Å². The number of halogens is 1. The largest absolute Gasteiger partial charge is 0.306 e. The Kier molecular flexibility index (Phi) is 3.79. The molecule has 21 heavy (non-hydrogen) atoms. The highest BCUT2D eigenvalue weighted by molar-refractivity contribution is 7.89. The maximum Gasteiger partial charge on any atom is 0.306 e. The fourth-order valence-corrected chi connectivity index (χ4v) is 3.88. The molecule has 0 saturated heterocycles. The van der Waals surface area contributed by atoms with E-state index in [0.29, 0.717) is 0 Å². The number of aryl methyl sites for hydroxylation is 1. The fraction of sp³-hybridized carbons (Fsp3) is 0.538. The lowest BCUT2D eigenvalue weighted by molar-refractivity contribution is -0.387. The summed E-state index contributed by atoms with van der Waals surface area (Å²) in [7, 11) is -3.94. The van der Waals surface area contributed by atoms with Crippen LogP contribution in [0.4, 0.5) is 10.1 Å². The lowest BCUT2D eigenvalue weighted by atomic mass is 10.0. The molecule has 1 N–H and O–H groups in total. The van der Waals surface area contributed by atoms with Crippen LogP contribution in [0.15, 0.2) is 17.0 Å². The summed E-state index contributed by atoms with van der Waals surface area (Å²) >= 11 is 0. The Labute approximate surface area is 122 Å². The van der Waals surface area contributed by atoms with Gasteiger partial charge in [-0.25, -0.2) is 13.1 Å². The molecule has 0 radical (unpaired) electrons. The number of nitrogens with zero attached hydrogens (tertiary/aromatic N) is 1. The summed E-state index contributed by atoms with van der Waals surface area (Å²) in [4.78, 5) is 9.59. The van der Waals surface area contributed by atoms with E-state index in [4.69, 9.17) is 0 Å². The topological polar surface area (TPSA) is 89.3 Å². The average molecular weight is 316 g/mol. The van der Waals surface area contributed by atoms with Crippen LogP contribution in [0.1, 0.15) is 32.3 Å². The molecule has 2 rings (SSSR count). The van der Waals surface area contributed by atoms with Gasteiger partial charge in [-0.15, -0.1) is 0 Å². The first-order valence-electron chi connectivity index (χ1n) is 6.53. The third-order valence-corrected chi connectivity index (χ3v) is 5.36. The summed E-state index contributed by atoms with van der Waals surface area (Å²) in [6.07, 6.45) is 1.89. The Morgan fingerprint density at radius 2 is 1.95 bits per heavy atom. The number of hydrogen-bond donors (Lipinski definition) is 1. The molecule has 0 aromatic heterocycles. The van der Waals surface area contributed by atoms with E-state index in [9.17, 15) is 22.9 Å². The van der Waals surface area contributed by atoms with Crippen LogP contribution in [0.2, 0.25) is 0 Å². The van der Waals surface area contributed by atoms with Gasteiger partial charge in [-0.1, -0.05) is 0 Å². The first kappa shape index (κ1) is 15.8. The number of rotatable bonds is 5. The number of nitrogens with one attached hydrogen (secondary N) is 1. The zero-order chi connectivity index (χ0) is 16.0. The Bertz CT molecular complexity index is 696. The van der Waals surface area contributed by atoms with E-state index in [1.165, 1.54) is 6.92 Å². The number of benzene rings is 1. The zero-order valence-corrected chi connectivity index (χ0v) is 12.8. The van der Waals surface area contributed by atoms with Crippen molar-refractivity contribution >= 4 is 15.7 Å². The summed E-state index contributed by atoms with van der Waals surface area (Å²) < 4.78 is 40.9. The summed E-state index contributed by atoms with van der Waals surface area (Å²) in [6.45, 7) is 4.84. The first-order valence-corrected chi connectivity index (χ1v) is 8.01. The molecule has 0 spiro atoms. The van der Waals surface area contributed by atoms with Crippen LogP contribution in [0.5, 0.6) is 0 Å². The van der Waals surface area contributed by atoms with Crippen LogP contribution < -0.4 is 4.72 Å². The number of nitro benzene ring substituents is 1. The third-order valence-electron chi connectivity index (χ3n) is 3.71. The Hall–Kier alpha value is -1.54. The summed E-state index contributed by atoms with van der Waals surface area (Å²) in [5.41, 5.74) is -1.54. The molecule has 1 aliphatic carbocycles. The molecule has 116 valence electrons. The van der Waals surface area contributed by atoms with E-state index in [1.54, 1.807) is 13.8 Å². The molecule has 1 saturated carbocycles. The van der Waals surface area contributed by atoms with Crippen LogP contribution in [0.25, 0.3) is 0 Å². The van der Waals surface area contributed by atoms with Crippen molar-refractivity contribution in [2.45, 2.75) is 44.0 Å². The van der Waals surface area contributed by atoms with E-state index >= 15 is 0 Å². The van der Waals surface area contributed by atoms with E-state index in [0.717, 1.165) is 25.0 Å². The monoisotopic (exact) mass is 316 g/mol. The molecule has 0 bridgehead atoms. The smallest absolute Gasteiger partial charge is 0.258 e. The molecule has 0 atom stereocenters. The molecular formula is C13H17FN2O4S. The molecule has 1 fully saturated rings. The SMILES string of the molecule is Cc1cc(S(=O)(=O)NC(C)(C)C2CC2)cc([N+](=O)[O-])c1F. The molecule has 1 aromatic rings. The lowest BCUT2D eigenvalue weighted by Crippen LogP contribution is -2.45. The second-order valence-corrected chi connectivity index (χ2v) is 7.61. The molecule has 1 aliphatic rings. The van der Waals surface area contributed by atoms with Crippen molar-refractivity contribution in [1.29, 1.82) is 0 Å². The standard InChI is InChI=1S/C13H17FN2O4S/c1-8-6-10(7-11(12(8)14)16(17)18)21(19,20)15-13(2,3)9-4-5-9/h6-7,9,15H,4-5H2,1-3H3. The van der Waals surface area contributed by atoms with Gasteiger partial charge >= 0.3 is 5.69 Å². The highest BCUT2D eigenvalue weighted by atomic mass is 32.2. The van der Waals surface area contributed by atoms with E-state index in [1.807, 2.05) is 0 Å². The van der Waals surface area contributed by atoms with Gasteiger partial charge in [0.05, 0.1) is 9.82 Å². The predicted molar refractivity (Wildman–Crippen MR) is 74.9 cm³/mol. The van der Waals surface area contributed by atoms with Crippen LogP contribution in [0, 0.1) is 28.8 Å². The highest BCUT2D eigenvalue weighted by Gasteiger charge is 2.41. The quantitative estimate of drug-likeness (QED) is 0.667. The first-order chi connectivity index (χ1) is 9.54. The normalized spacial score (nSPS) is 16.0. The predicted octanol–water partition coefficient (Wildman–Crippen LogP) is 2.51. The second-order valence-electron chi connectivity index (χ2n) is 5.93. The van der Waals surface area contributed by atoms with E-state index in [-0.39, 0.29) is 16.4 Å². The minimum absolute atomic E-state index is 0.0752. The van der Waals surface area contributed by atoms with Crippen molar-refractivity contribution in [1.82, 2.24) is 4.72 Å². The van der Waals surface area contributed by atoms with Gasteiger partial charge in [-0.05, 0) is 51.2 Å². The molecule has 0 aliphatic heterocycles. The Balaban J connectivity index is 2.43. The van der Waals surface area contributed by atoms with Crippen molar-refractivity contribution in [2.75, 3.05) is 0 Å². The molecule has 0 amide bonds. The average Bonchev–Trinajstić information content (AvgIpc) is 3.14. The van der Waals surface area contributed by atoms with E-state index in [2.05, 4.69) is 4.72 Å². The van der Waals surface area contributed by atoms with E-state index < -0.39 is 32.0 Å². The van der Waals surface area contributed by atoms with Gasteiger partial charge in [0.2, 0.25) is 15.8 Å². The van der Waals surface area contributed by atoms with Gasteiger partial charge in [0.25, 0.3) is 0 Å². The van der Waals surface area contributed by atoms with Crippen molar-refractivity contribution in [3.05, 3.63) is 33.6 Å². The number of sulfonamides is 1. The van der Waals surface area contributed by atoms with Crippen LogP contribution >= 0.6 is 0 Å². The molecule has 6 nitrogen and oxygen atoms in total. The maximum absolute atomic E-state index is 13.6. The number of hydrogen-bond acceptors (Lipinski definition) is 4. The van der Waals surface area contributed by atoms with Crippen molar-refractivity contribution in [2.24, 2.45) is 5.92 Å². The Morgan fingerprint density at radius 1 is 1.38 bits per heavy atom. The van der Waals surface area contributed by atoms with Gasteiger partial charge in [0.1, 0.15) is 0 Å². The zero-order valence-electron chi connectivity index (χ0n) is 12.0. The molecule has 0 heterocycles. The van der Waals surface area contributed by atoms with Crippen molar-refractivity contribution in [3.63, 3.8) is 0 Å². The summed E-state index contributed by atoms with van der Waals surface area (Å²) in [6, 6.07) is 1.86. The minimum Gasteiger partial charge on any atom is -0.258 e.